The molecule has 0 N–H and O–H groups in total. The Balaban J connectivity index is 1.84. The topological polar surface area (TPSA) is 70.1 Å². The predicted octanol–water partition coefficient (Wildman–Crippen LogP) is 3.63. The Kier molecular flexibility index (Phi) is 4.48. The van der Waals surface area contributed by atoms with Gasteiger partial charge < -0.3 is 0 Å². The van der Waals surface area contributed by atoms with Crippen LogP contribution < -0.4 is 9.91 Å². The Morgan fingerprint density at radius 3 is 2.46 bits per heavy atom. The summed E-state index contributed by atoms with van der Waals surface area (Å²) >= 11 is 12.3. The highest BCUT2D eigenvalue weighted by molar-refractivity contribution is 6.49. The van der Waals surface area contributed by atoms with E-state index in [0.29, 0.717) is 27.0 Å². The zero-order valence-corrected chi connectivity index (χ0v) is 16.5. The third kappa shape index (κ3) is 2.72. The van der Waals surface area contributed by atoms with Crippen LogP contribution in [-0.2, 0) is 14.4 Å². The molecule has 4 rings (SSSR count). The van der Waals surface area contributed by atoms with E-state index in [9.17, 15) is 14.4 Å². The molecule has 6 nitrogen and oxygen atoms in total. The van der Waals surface area contributed by atoms with Crippen LogP contribution in [0.15, 0.2) is 47.6 Å². The van der Waals surface area contributed by atoms with E-state index in [1.54, 1.807) is 49.4 Å². The van der Waals surface area contributed by atoms with Crippen molar-refractivity contribution >= 4 is 57.9 Å². The van der Waals surface area contributed by atoms with Crippen molar-refractivity contribution in [3.05, 3.63) is 58.1 Å². The smallest absolute Gasteiger partial charge is 0.259 e. The Morgan fingerprint density at radius 2 is 1.79 bits per heavy atom. The molecular formula is C20H15Cl2N3O3. The Morgan fingerprint density at radius 1 is 1.07 bits per heavy atom. The molecule has 2 aliphatic heterocycles. The van der Waals surface area contributed by atoms with Crippen molar-refractivity contribution in [2.24, 2.45) is 11.0 Å². The van der Waals surface area contributed by atoms with E-state index in [2.05, 4.69) is 5.10 Å². The van der Waals surface area contributed by atoms with E-state index in [1.165, 1.54) is 11.9 Å². The summed E-state index contributed by atoms with van der Waals surface area (Å²) in [7, 11) is 0. The van der Waals surface area contributed by atoms with Crippen molar-refractivity contribution in [2.45, 2.75) is 19.9 Å². The molecule has 2 aromatic rings. The van der Waals surface area contributed by atoms with Gasteiger partial charge in [-0.25, -0.2) is 4.90 Å². The molecular weight excluding hydrogens is 401 g/mol. The highest BCUT2D eigenvalue weighted by atomic mass is 35.5. The van der Waals surface area contributed by atoms with Crippen molar-refractivity contribution in [2.75, 3.05) is 9.91 Å². The van der Waals surface area contributed by atoms with Crippen LogP contribution >= 0.6 is 23.2 Å². The molecule has 1 fully saturated rings. The number of carbonyl (C=O) groups is 3. The summed E-state index contributed by atoms with van der Waals surface area (Å²) in [5.41, 5.74) is 1.61. The van der Waals surface area contributed by atoms with Gasteiger partial charge in [-0.05, 0) is 42.8 Å². The zero-order valence-electron chi connectivity index (χ0n) is 15.0. The number of nitrogens with zero attached hydrogens (tertiary/aromatic N) is 3. The fourth-order valence-electron chi connectivity index (χ4n) is 3.61. The van der Waals surface area contributed by atoms with E-state index in [1.807, 2.05) is 0 Å². The summed E-state index contributed by atoms with van der Waals surface area (Å²) < 4.78 is 0. The monoisotopic (exact) mass is 415 g/mol. The highest BCUT2D eigenvalue weighted by Crippen LogP contribution is 2.40. The number of imide groups is 1. The van der Waals surface area contributed by atoms with Gasteiger partial charge in [-0.1, -0.05) is 35.3 Å². The van der Waals surface area contributed by atoms with E-state index in [0.717, 1.165) is 4.90 Å². The lowest BCUT2D eigenvalue weighted by Crippen LogP contribution is -2.39. The summed E-state index contributed by atoms with van der Waals surface area (Å²) in [6.45, 7) is 3.07. The van der Waals surface area contributed by atoms with Gasteiger partial charge in [-0.3, -0.25) is 19.4 Å². The number of Topliss-reactive ketones (excluding diaryl/α,β-unsaturated/α-hetero) is 1. The number of anilines is 2. The lowest BCUT2D eigenvalue weighted by atomic mass is 9.95. The number of fused-ring (bicyclic) bond motifs is 1. The summed E-state index contributed by atoms with van der Waals surface area (Å²) in [6.07, 6.45) is 0. The van der Waals surface area contributed by atoms with Crippen molar-refractivity contribution in [3.63, 3.8) is 0 Å². The van der Waals surface area contributed by atoms with Gasteiger partial charge in [0.05, 0.1) is 11.4 Å². The van der Waals surface area contributed by atoms with E-state index < -0.39 is 23.8 Å². The predicted molar refractivity (Wildman–Crippen MR) is 108 cm³/mol. The second-order valence-corrected chi connectivity index (χ2v) is 7.53. The molecule has 0 bridgehead atoms. The molecule has 8 heteroatoms. The standard InChI is InChI=1S/C20H15Cl2N3O3/c1-10-14(22)7-4-8-15(10)24-19(27)16-17(11(2)26)23-25(18(16)20(24)28)13-6-3-5-12(21)9-13/h3-9,16,18H,1-2H3/t16-,18-/m1/s1. The van der Waals surface area contributed by atoms with Crippen LogP contribution in [0.1, 0.15) is 12.5 Å². The first-order valence-corrected chi connectivity index (χ1v) is 9.34. The third-order valence-corrected chi connectivity index (χ3v) is 5.61. The van der Waals surface area contributed by atoms with Crippen molar-refractivity contribution in [1.29, 1.82) is 0 Å². The summed E-state index contributed by atoms with van der Waals surface area (Å²) in [5.74, 6) is -2.27. The fourth-order valence-corrected chi connectivity index (χ4v) is 3.97. The normalized spacial score (nSPS) is 21.2. The SMILES string of the molecule is CC(=O)C1=NN(c2cccc(Cl)c2)[C@H]2C(=O)N(c3cccc(Cl)c3C)C(=O)[C@H]12. The molecule has 0 radical (unpaired) electrons. The van der Waals surface area contributed by atoms with Gasteiger partial charge in [0.2, 0.25) is 5.91 Å². The number of carbonyl (C=O) groups excluding carboxylic acids is 3. The maximum Gasteiger partial charge on any atom is 0.259 e. The number of hydrogen-bond acceptors (Lipinski definition) is 5. The Hall–Kier alpha value is -2.70. The van der Waals surface area contributed by atoms with Crippen LogP contribution in [0.3, 0.4) is 0 Å². The molecule has 0 spiro atoms. The van der Waals surface area contributed by atoms with Crippen LogP contribution in [0.25, 0.3) is 0 Å². The van der Waals surface area contributed by atoms with Gasteiger partial charge >= 0.3 is 0 Å². The summed E-state index contributed by atoms with van der Waals surface area (Å²) in [6, 6.07) is 10.8. The minimum atomic E-state index is -0.970. The van der Waals surface area contributed by atoms with E-state index in [4.69, 9.17) is 23.2 Å². The first kappa shape index (κ1) is 18.7. The molecule has 142 valence electrons. The molecule has 2 aromatic carbocycles. The van der Waals surface area contributed by atoms with Gasteiger partial charge in [0.1, 0.15) is 17.7 Å². The lowest BCUT2D eigenvalue weighted by molar-refractivity contribution is -0.122. The maximum absolute atomic E-state index is 13.3. The molecule has 0 saturated carbocycles. The molecule has 2 aliphatic rings. The largest absolute Gasteiger partial charge is 0.293 e. The van der Waals surface area contributed by atoms with Crippen molar-refractivity contribution in [1.82, 2.24) is 0 Å². The summed E-state index contributed by atoms with van der Waals surface area (Å²) in [4.78, 5) is 39.8. The molecule has 2 amide bonds. The Bertz CT molecular complexity index is 1070. The number of hydrazone groups is 1. The molecule has 1 saturated heterocycles. The first-order chi connectivity index (χ1) is 13.3. The third-order valence-electron chi connectivity index (χ3n) is 4.96. The van der Waals surface area contributed by atoms with Gasteiger partial charge in [0, 0.05) is 17.0 Å². The molecule has 0 unspecified atom stereocenters. The maximum atomic E-state index is 13.3. The van der Waals surface area contributed by atoms with Gasteiger partial charge in [0.15, 0.2) is 5.78 Å². The van der Waals surface area contributed by atoms with Crippen molar-refractivity contribution < 1.29 is 14.4 Å². The highest BCUT2D eigenvalue weighted by Gasteiger charge is 2.58. The molecule has 0 aliphatic carbocycles. The summed E-state index contributed by atoms with van der Waals surface area (Å²) in [5, 5.41) is 6.61. The number of amides is 2. The molecule has 2 heterocycles. The second kappa shape index (κ2) is 6.72. The van der Waals surface area contributed by atoms with Gasteiger partial charge in [0.25, 0.3) is 5.91 Å². The average Bonchev–Trinajstić information content (AvgIpc) is 3.16. The van der Waals surface area contributed by atoms with E-state index in [-0.39, 0.29) is 11.5 Å². The Labute approximate surface area is 171 Å². The van der Waals surface area contributed by atoms with E-state index >= 15 is 0 Å². The van der Waals surface area contributed by atoms with Crippen molar-refractivity contribution in [3.8, 4) is 0 Å². The first-order valence-electron chi connectivity index (χ1n) is 8.58. The van der Waals surface area contributed by atoms with Crippen LogP contribution in [0.5, 0.6) is 0 Å². The van der Waals surface area contributed by atoms with Gasteiger partial charge in [-0.2, -0.15) is 5.10 Å². The zero-order chi connectivity index (χ0) is 20.2. The number of benzene rings is 2. The number of ketones is 1. The fraction of sp³-hybridized carbons (Fsp3) is 0.200. The number of halogens is 2. The van der Waals surface area contributed by atoms with Crippen LogP contribution in [0.2, 0.25) is 10.0 Å². The molecule has 0 aromatic heterocycles. The lowest BCUT2D eigenvalue weighted by Gasteiger charge is -2.23. The van der Waals surface area contributed by atoms with Crippen LogP contribution in [0, 0.1) is 12.8 Å². The second-order valence-electron chi connectivity index (χ2n) is 6.68. The number of rotatable bonds is 3. The minimum absolute atomic E-state index is 0.0607. The minimum Gasteiger partial charge on any atom is -0.293 e. The van der Waals surface area contributed by atoms with Crippen LogP contribution in [0.4, 0.5) is 11.4 Å². The number of hydrogen-bond donors (Lipinski definition) is 0. The quantitative estimate of drug-likeness (QED) is 0.717. The van der Waals surface area contributed by atoms with Gasteiger partial charge in [-0.15, -0.1) is 0 Å². The van der Waals surface area contributed by atoms with Crippen LogP contribution in [-0.4, -0.2) is 29.4 Å². The molecule has 28 heavy (non-hydrogen) atoms. The molecule has 2 atom stereocenters. The average molecular weight is 416 g/mol.